The summed E-state index contributed by atoms with van der Waals surface area (Å²) in [4.78, 5) is 22.9. The Hall–Kier alpha value is -2.71. The molecule has 8 heteroatoms. The fourth-order valence-electron chi connectivity index (χ4n) is 2.40. The molecule has 0 spiro atoms. The summed E-state index contributed by atoms with van der Waals surface area (Å²) < 4.78 is 11.1. The highest BCUT2D eigenvalue weighted by Gasteiger charge is 2.15. The van der Waals surface area contributed by atoms with Crippen molar-refractivity contribution in [3.63, 3.8) is 0 Å². The number of hydrogen-bond donors (Lipinski definition) is 1. The molecular formula is C18H15N3O3S2. The quantitative estimate of drug-likeness (QED) is 0.535. The zero-order valence-electron chi connectivity index (χ0n) is 13.9. The van der Waals surface area contributed by atoms with Crippen molar-refractivity contribution >= 4 is 28.6 Å². The van der Waals surface area contributed by atoms with Crippen molar-refractivity contribution in [2.24, 2.45) is 0 Å². The van der Waals surface area contributed by atoms with E-state index in [4.69, 9.17) is 8.83 Å². The highest BCUT2D eigenvalue weighted by atomic mass is 32.1. The molecule has 26 heavy (non-hydrogen) atoms. The van der Waals surface area contributed by atoms with Gasteiger partial charge in [-0.05, 0) is 29.8 Å². The van der Waals surface area contributed by atoms with Gasteiger partial charge < -0.3 is 14.2 Å². The molecule has 0 aliphatic heterocycles. The van der Waals surface area contributed by atoms with Crippen molar-refractivity contribution in [3.8, 4) is 21.5 Å². The van der Waals surface area contributed by atoms with E-state index in [0.717, 1.165) is 9.75 Å². The van der Waals surface area contributed by atoms with Crippen LogP contribution in [-0.2, 0) is 17.8 Å². The highest BCUT2D eigenvalue weighted by Crippen LogP contribution is 2.26. The molecule has 0 fully saturated rings. The number of nitrogens with zero attached hydrogens (tertiary/aromatic N) is 2. The molecular weight excluding hydrogens is 370 g/mol. The van der Waals surface area contributed by atoms with Gasteiger partial charge in [-0.2, -0.15) is 0 Å². The standard InChI is InChI=1S/C18H15N3O3S2/c1-11-13(21-18(24-11)15-5-3-7-26-15)8-16(22)19-9-12-10-23-17(20-12)14-4-2-6-25-14/h2-7,10H,8-9H2,1H3,(H,19,22). The Morgan fingerprint density at radius 2 is 1.85 bits per heavy atom. The van der Waals surface area contributed by atoms with E-state index in [-0.39, 0.29) is 12.3 Å². The molecule has 0 aromatic carbocycles. The Morgan fingerprint density at radius 3 is 2.54 bits per heavy atom. The van der Waals surface area contributed by atoms with Crippen LogP contribution in [0.2, 0.25) is 0 Å². The molecule has 0 aliphatic rings. The first-order valence-electron chi connectivity index (χ1n) is 7.94. The van der Waals surface area contributed by atoms with Crippen LogP contribution in [0.1, 0.15) is 17.1 Å². The molecule has 132 valence electrons. The minimum absolute atomic E-state index is 0.139. The number of rotatable bonds is 6. The van der Waals surface area contributed by atoms with E-state index < -0.39 is 0 Å². The largest absolute Gasteiger partial charge is 0.443 e. The van der Waals surface area contributed by atoms with Crippen LogP contribution in [0.3, 0.4) is 0 Å². The Balaban J connectivity index is 1.36. The average Bonchev–Trinajstić information content (AvgIpc) is 3.41. The number of thiophene rings is 2. The molecule has 4 heterocycles. The fraction of sp³-hybridized carbons (Fsp3) is 0.167. The van der Waals surface area contributed by atoms with Crippen LogP contribution in [0.15, 0.2) is 50.1 Å². The third-order valence-electron chi connectivity index (χ3n) is 3.70. The van der Waals surface area contributed by atoms with E-state index in [1.165, 1.54) is 0 Å². The highest BCUT2D eigenvalue weighted by molar-refractivity contribution is 7.13. The maximum atomic E-state index is 12.2. The van der Waals surface area contributed by atoms with Gasteiger partial charge in [0.15, 0.2) is 0 Å². The summed E-state index contributed by atoms with van der Waals surface area (Å²) in [6.45, 7) is 2.13. The molecule has 0 saturated heterocycles. The first-order valence-corrected chi connectivity index (χ1v) is 9.70. The normalized spacial score (nSPS) is 11.0. The zero-order chi connectivity index (χ0) is 17.9. The van der Waals surface area contributed by atoms with Crippen LogP contribution in [0, 0.1) is 6.92 Å². The van der Waals surface area contributed by atoms with E-state index in [1.807, 2.05) is 41.9 Å². The van der Waals surface area contributed by atoms with E-state index in [9.17, 15) is 4.79 Å². The molecule has 4 aromatic rings. The van der Waals surface area contributed by atoms with Gasteiger partial charge in [-0.25, -0.2) is 9.97 Å². The SMILES string of the molecule is Cc1oc(-c2cccs2)nc1CC(=O)NCc1coc(-c2cccs2)n1. The molecule has 0 radical (unpaired) electrons. The second-order valence-corrected chi connectivity index (χ2v) is 7.47. The van der Waals surface area contributed by atoms with Gasteiger partial charge in [0.05, 0.1) is 34.1 Å². The number of aryl methyl sites for hydroxylation is 1. The first kappa shape index (κ1) is 16.7. The molecule has 0 bridgehead atoms. The number of carbonyl (C=O) groups excluding carboxylic acids is 1. The Kier molecular flexibility index (Phi) is 4.68. The van der Waals surface area contributed by atoms with Crippen LogP contribution in [0.4, 0.5) is 0 Å². The van der Waals surface area contributed by atoms with Gasteiger partial charge in [0.1, 0.15) is 12.0 Å². The van der Waals surface area contributed by atoms with Crippen molar-refractivity contribution < 1.29 is 13.6 Å². The lowest BCUT2D eigenvalue weighted by atomic mass is 10.2. The van der Waals surface area contributed by atoms with Gasteiger partial charge in [-0.15, -0.1) is 22.7 Å². The number of oxazole rings is 2. The van der Waals surface area contributed by atoms with Crippen LogP contribution < -0.4 is 5.32 Å². The summed E-state index contributed by atoms with van der Waals surface area (Å²) in [5.74, 6) is 1.64. The van der Waals surface area contributed by atoms with Gasteiger partial charge in [-0.3, -0.25) is 4.79 Å². The van der Waals surface area contributed by atoms with Gasteiger partial charge >= 0.3 is 0 Å². The Labute approximate surface area is 157 Å². The number of amides is 1. The third-order valence-corrected chi connectivity index (χ3v) is 5.42. The number of aromatic nitrogens is 2. The first-order chi connectivity index (χ1) is 12.7. The van der Waals surface area contributed by atoms with Gasteiger partial charge in [0.2, 0.25) is 17.7 Å². The Morgan fingerprint density at radius 1 is 1.12 bits per heavy atom. The Bertz CT molecular complexity index is 1000. The predicted octanol–water partition coefficient (Wildman–Crippen LogP) is 4.29. The lowest BCUT2D eigenvalue weighted by molar-refractivity contribution is -0.120. The molecule has 4 aromatic heterocycles. The zero-order valence-corrected chi connectivity index (χ0v) is 15.5. The molecule has 1 amide bonds. The topological polar surface area (TPSA) is 81.2 Å². The second kappa shape index (κ2) is 7.27. The van der Waals surface area contributed by atoms with Gasteiger partial charge in [0, 0.05) is 0 Å². The van der Waals surface area contributed by atoms with Crippen molar-refractivity contribution in [2.75, 3.05) is 0 Å². The summed E-state index contributed by atoms with van der Waals surface area (Å²) in [6.07, 6.45) is 1.72. The molecule has 0 aliphatic carbocycles. The second-order valence-electron chi connectivity index (χ2n) is 5.57. The summed E-state index contributed by atoms with van der Waals surface area (Å²) in [5.41, 5.74) is 1.32. The van der Waals surface area contributed by atoms with E-state index in [1.54, 1.807) is 28.9 Å². The minimum atomic E-state index is -0.139. The summed E-state index contributed by atoms with van der Waals surface area (Å²) in [5, 5.41) is 6.77. The molecule has 0 saturated carbocycles. The fourth-order valence-corrected chi connectivity index (χ4v) is 3.71. The molecule has 0 unspecified atom stereocenters. The van der Waals surface area contributed by atoms with Crippen LogP contribution in [0.25, 0.3) is 21.5 Å². The molecule has 4 rings (SSSR count). The monoisotopic (exact) mass is 385 g/mol. The third kappa shape index (κ3) is 3.61. The van der Waals surface area contributed by atoms with Crippen LogP contribution in [-0.4, -0.2) is 15.9 Å². The van der Waals surface area contributed by atoms with Gasteiger partial charge in [-0.1, -0.05) is 12.1 Å². The maximum Gasteiger partial charge on any atom is 0.236 e. The summed E-state index contributed by atoms with van der Waals surface area (Å²) in [6, 6.07) is 7.76. The minimum Gasteiger partial charge on any atom is -0.443 e. The average molecular weight is 385 g/mol. The molecule has 6 nitrogen and oxygen atoms in total. The van der Waals surface area contributed by atoms with Crippen molar-refractivity contribution in [1.82, 2.24) is 15.3 Å². The smallest absolute Gasteiger partial charge is 0.236 e. The predicted molar refractivity (Wildman–Crippen MR) is 99.9 cm³/mol. The van der Waals surface area contributed by atoms with E-state index in [2.05, 4.69) is 15.3 Å². The summed E-state index contributed by atoms with van der Waals surface area (Å²) in [7, 11) is 0. The van der Waals surface area contributed by atoms with E-state index >= 15 is 0 Å². The van der Waals surface area contributed by atoms with E-state index in [0.29, 0.717) is 35.5 Å². The lowest BCUT2D eigenvalue weighted by Crippen LogP contribution is -2.25. The van der Waals surface area contributed by atoms with Crippen molar-refractivity contribution in [2.45, 2.75) is 19.9 Å². The molecule has 0 atom stereocenters. The molecule has 1 N–H and O–H groups in total. The number of hydrogen-bond acceptors (Lipinski definition) is 7. The van der Waals surface area contributed by atoms with Crippen molar-refractivity contribution in [3.05, 3.63) is 58.4 Å². The number of carbonyl (C=O) groups is 1. The maximum absolute atomic E-state index is 12.2. The van der Waals surface area contributed by atoms with Crippen LogP contribution in [0.5, 0.6) is 0 Å². The number of nitrogens with one attached hydrogen (secondary N) is 1. The summed E-state index contributed by atoms with van der Waals surface area (Å²) >= 11 is 3.11. The van der Waals surface area contributed by atoms with Gasteiger partial charge in [0.25, 0.3) is 0 Å². The van der Waals surface area contributed by atoms with Crippen LogP contribution >= 0.6 is 22.7 Å². The van der Waals surface area contributed by atoms with Crippen molar-refractivity contribution in [1.29, 1.82) is 0 Å². The lowest BCUT2D eigenvalue weighted by Gasteiger charge is -2.01.